The summed E-state index contributed by atoms with van der Waals surface area (Å²) in [5.41, 5.74) is 1.00. The van der Waals surface area contributed by atoms with E-state index in [2.05, 4.69) is 63.1 Å². The Kier molecular flexibility index (Phi) is 15.3. The molecule has 7 nitrogen and oxygen atoms in total. The SMILES string of the molecule is CCCC(C)C1OC1CC(C)C=CC=C(C)C1OC(=O)CCCCC(C)C(OC(=O)NCCN2CCCCC2)C=CC1C. The summed E-state index contributed by atoms with van der Waals surface area (Å²) in [5, 5.41) is 2.96. The van der Waals surface area contributed by atoms with Crippen molar-refractivity contribution in [3.63, 3.8) is 0 Å². The molecule has 0 aromatic rings. The van der Waals surface area contributed by atoms with E-state index in [1.54, 1.807) is 0 Å². The molecule has 244 valence electrons. The van der Waals surface area contributed by atoms with E-state index >= 15 is 0 Å². The van der Waals surface area contributed by atoms with Gasteiger partial charge in [0.05, 0.1) is 12.2 Å². The number of carbonyl (C=O) groups excluding carboxylic acids is 2. The fourth-order valence-corrected chi connectivity index (χ4v) is 6.51. The zero-order valence-corrected chi connectivity index (χ0v) is 27.9. The van der Waals surface area contributed by atoms with Gasteiger partial charge in [-0.2, -0.15) is 0 Å². The molecule has 0 spiro atoms. The molecular formula is C36H60N2O5. The largest absolute Gasteiger partial charge is 0.457 e. The Labute approximate surface area is 261 Å². The number of piperidine rings is 1. The Morgan fingerprint density at radius 3 is 2.65 bits per heavy atom. The lowest BCUT2D eigenvalue weighted by Gasteiger charge is -2.27. The molecule has 0 aliphatic carbocycles. The highest BCUT2D eigenvalue weighted by molar-refractivity contribution is 5.70. The number of alkyl carbamates (subject to hydrolysis) is 1. The van der Waals surface area contributed by atoms with Crippen LogP contribution in [-0.2, 0) is 19.0 Å². The average molecular weight is 601 g/mol. The highest BCUT2D eigenvalue weighted by Gasteiger charge is 2.42. The third-order valence-electron chi connectivity index (χ3n) is 9.36. The number of hydrogen-bond acceptors (Lipinski definition) is 6. The van der Waals surface area contributed by atoms with Gasteiger partial charge in [0, 0.05) is 25.4 Å². The summed E-state index contributed by atoms with van der Waals surface area (Å²) in [7, 11) is 0. The first kappa shape index (κ1) is 35.4. The standard InChI is InChI=1S/C36H60N2O5/c1-7-14-28(4)35-32(41-35)25-26(2)15-13-17-29(5)34-30(6)19-20-31(27(3)16-9-10-18-33(39)43-34)42-36(40)37-21-24-38-22-11-8-12-23-38/h13,15,17,19-20,26-28,30-32,34-35H,7-12,14,16,18,21-25H2,1-6H3,(H,37,40). The highest BCUT2D eigenvalue weighted by atomic mass is 16.6. The van der Waals surface area contributed by atoms with Crippen molar-refractivity contribution < 1.29 is 23.8 Å². The summed E-state index contributed by atoms with van der Waals surface area (Å²) in [6, 6.07) is 0. The summed E-state index contributed by atoms with van der Waals surface area (Å²) in [5.74, 6) is 0.986. The molecule has 3 aliphatic rings. The predicted molar refractivity (Wildman–Crippen MR) is 174 cm³/mol. The molecule has 2 fully saturated rings. The van der Waals surface area contributed by atoms with E-state index in [-0.39, 0.29) is 36.1 Å². The van der Waals surface area contributed by atoms with Crippen LogP contribution in [0.3, 0.4) is 0 Å². The fourth-order valence-electron chi connectivity index (χ4n) is 6.51. The van der Waals surface area contributed by atoms with Gasteiger partial charge in [0.2, 0.25) is 0 Å². The number of esters is 1. The molecule has 0 radical (unpaired) electrons. The Bertz CT molecular complexity index is 940. The Balaban J connectivity index is 1.57. The molecule has 43 heavy (non-hydrogen) atoms. The van der Waals surface area contributed by atoms with Crippen LogP contribution in [0.25, 0.3) is 0 Å². The van der Waals surface area contributed by atoms with Gasteiger partial charge in [0.25, 0.3) is 0 Å². The van der Waals surface area contributed by atoms with Crippen molar-refractivity contribution in [1.29, 1.82) is 0 Å². The first-order valence-electron chi connectivity index (χ1n) is 17.2. The second kappa shape index (κ2) is 18.6. The number of nitrogens with one attached hydrogen (secondary N) is 1. The number of rotatable bonds is 12. The quantitative estimate of drug-likeness (QED) is 0.107. The number of likely N-dealkylation sites (tertiary alicyclic amines) is 1. The van der Waals surface area contributed by atoms with Gasteiger partial charge < -0.3 is 24.4 Å². The van der Waals surface area contributed by atoms with Crippen LogP contribution in [0.2, 0.25) is 0 Å². The number of ether oxygens (including phenoxy) is 3. The van der Waals surface area contributed by atoms with Crippen molar-refractivity contribution in [2.45, 2.75) is 130 Å². The predicted octanol–water partition coefficient (Wildman–Crippen LogP) is 7.61. The Hall–Kier alpha value is -2.12. The summed E-state index contributed by atoms with van der Waals surface area (Å²) in [6.45, 7) is 16.7. The molecule has 8 unspecified atom stereocenters. The first-order chi connectivity index (χ1) is 20.7. The smallest absolute Gasteiger partial charge is 0.407 e. The van der Waals surface area contributed by atoms with Gasteiger partial charge in [-0.15, -0.1) is 0 Å². The van der Waals surface area contributed by atoms with Gasteiger partial charge in [-0.05, 0) is 87.9 Å². The maximum atomic E-state index is 12.7. The molecule has 3 aliphatic heterocycles. The fraction of sp³-hybridized carbons (Fsp3) is 0.778. The van der Waals surface area contributed by atoms with Crippen molar-refractivity contribution in [3.05, 3.63) is 36.0 Å². The van der Waals surface area contributed by atoms with Gasteiger partial charge in [-0.1, -0.05) is 78.2 Å². The molecule has 3 rings (SSSR count). The molecule has 1 N–H and O–H groups in total. The molecule has 0 bridgehead atoms. The lowest BCUT2D eigenvalue weighted by Crippen LogP contribution is -2.39. The number of hydrogen-bond donors (Lipinski definition) is 1. The van der Waals surface area contributed by atoms with Crippen molar-refractivity contribution in [2.24, 2.45) is 23.7 Å². The number of nitrogens with zero attached hydrogens (tertiary/aromatic N) is 1. The molecule has 0 aromatic carbocycles. The zero-order valence-electron chi connectivity index (χ0n) is 27.9. The van der Waals surface area contributed by atoms with Crippen LogP contribution < -0.4 is 5.32 Å². The maximum absolute atomic E-state index is 12.7. The van der Waals surface area contributed by atoms with Gasteiger partial charge in [-0.25, -0.2) is 4.79 Å². The van der Waals surface area contributed by atoms with Gasteiger partial charge >= 0.3 is 12.1 Å². The molecule has 8 atom stereocenters. The molecule has 2 saturated heterocycles. The lowest BCUT2D eigenvalue weighted by molar-refractivity contribution is -0.148. The first-order valence-corrected chi connectivity index (χ1v) is 17.2. The summed E-state index contributed by atoms with van der Waals surface area (Å²) < 4.78 is 17.9. The minimum absolute atomic E-state index is 0.0633. The number of allylic oxidation sites excluding steroid dienone is 3. The Morgan fingerprint density at radius 1 is 1.14 bits per heavy atom. The van der Waals surface area contributed by atoms with Crippen LogP contribution in [0, 0.1) is 23.7 Å². The molecular weight excluding hydrogens is 540 g/mol. The number of cyclic esters (lactones) is 1. The molecule has 3 heterocycles. The van der Waals surface area contributed by atoms with Crippen LogP contribution in [0.5, 0.6) is 0 Å². The number of epoxide rings is 1. The minimum atomic E-state index is -0.372. The van der Waals surface area contributed by atoms with E-state index in [0.717, 1.165) is 50.9 Å². The molecule has 7 heteroatoms. The van der Waals surface area contributed by atoms with Crippen molar-refractivity contribution in [3.8, 4) is 0 Å². The van der Waals surface area contributed by atoms with E-state index in [1.165, 1.54) is 32.1 Å². The number of amides is 1. The van der Waals surface area contributed by atoms with Crippen molar-refractivity contribution in [1.82, 2.24) is 10.2 Å². The Morgan fingerprint density at radius 2 is 1.91 bits per heavy atom. The van der Waals surface area contributed by atoms with Crippen LogP contribution in [0.4, 0.5) is 4.79 Å². The van der Waals surface area contributed by atoms with Gasteiger partial charge in [-0.3, -0.25) is 4.79 Å². The molecule has 1 amide bonds. The van der Waals surface area contributed by atoms with E-state index in [0.29, 0.717) is 37.0 Å². The van der Waals surface area contributed by atoms with Crippen molar-refractivity contribution in [2.75, 3.05) is 26.2 Å². The molecule has 0 saturated carbocycles. The van der Waals surface area contributed by atoms with Crippen LogP contribution in [-0.4, -0.2) is 67.6 Å². The highest BCUT2D eigenvalue weighted by Crippen LogP contribution is 2.36. The van der Waals surface area contributed by atoms with Gasteiger partial charge in [0.1, 0.15) is 12.2 Å². The van der Waals surface area contributed by atoms with Crippen LogP contribution in [0.1, 0.15) is 106 Å². The second-order valence-corrected chi connectivity index (χ2v) is 13.5. The third-order valence-corrected chi connectivity index (χ3v) is 9.36. The average Bonchev–Trinajstić information content (AvgIpc) is 3.75. The van der Waals surface area contributed by atoms with E-state index < -0.39 is 0 Å². The number of carbonyl (C=O) groups is 2. The third kappa shape index (κ3) is 12.8. The zero-order chi connectivity index (χ0) is 31.2. The summed E-state index contributed by atoms with van der Waals surface area (Å²) in [4.78, 5) is 27.8. The monoisotopic (exact) mass is 600 g/mol. The summed E-state index contributed by atoms with van der Waals surface area (Å²) in [6.07, 6.45) is 20.3. The minimum Gasteiger partial charge on any atom is -0.457 e. The second-order valence-electron chi connectivity index (χ2n) is 13.5. The van der Waals surface area contributed by atoms with E-state index in [9.17, 15) is 9.59 Å². The topological polar surface area (TPSA) is 80.4 Å². The van der Waals surface area contributed by atoms with Crippen molar-refractivity contribution >= 4 is 12.1 Å². The maximum Gasteiger partial charge on any atom is 0.407 e. The van der Waals surface area contributed by atoms with Crippen LogP contribution >= 0.6 is 0 Å². The summed E-state index contributed by atoms with van der Waals surface area (Å²) >= 11 is 0. The lowest BCUT2D eigenvalue weighted by atomic mass is 9.92. The van der Waals surface area contributed by atoms with Gasteiger partial charge in [0.15, 0.2) is 0 Å². The van der Waals surface area contributed by atoms with Crippen LogP contribution in [0.15, 0.2) is 36.0 Å². The normalized spacial score (nSPS) is 31.0. The van der Waals surface area contributed by atoms with E-state index in [4.69, 9.17) is 14.2 Å². The molecule has 0 aromatic heterocycles. The van der Waals surface area contributed by atoms with E-state index in [1.807, 2.05) is 19.1 Å².